The second-order valence-electron chi connectivity index (χ2n) is 5.20. The number of nitrogens with one attached hydrogen (secondary N) is 2. The second kappa shape index (κ2) is 5.50. The van der Waals surface area contributed by atoms with Crippen LogP contribution in [0.5, 0.6) is 5.75 Å². The van der Waals surface area contributed by atoms with E-state index < -0.39 is 5.92 Å². The quantitative estimate of drug-likeness (QED) is 0.777. The Balaban J connectivity index is 2.24. The zero-order valence-corrected chi connectivity index (χ0v) is 12.7. The van der Waals surface area contributed by atoms with Gasteiger partial charge in [0, 0.05) is 5.70 Å². The highest BCUT2D eigenvalue weighted by atomic mass is 16.5. The number of hydrogen-bond acceptors (Lipinski definition) is 6. The van der Waals surface area contributed by atoms with E-state index >= 15 is 0 Å². The SMILES string of the molecule is COc1ccc(C2C(C#N)=C(C)Nc3nc(N)[nH]c(=O)c32)cc1. The van der Waals surface area contributed by atoms with E-state index in [1.807, 2.05) is 12.1 Å². The molecule has 2 heterocycles. The number of aromatic amines is 1. The summed E-state index contributed by atoms with van der Waals surface area (Å²) in [6.07, 6.45) is 0. The molecule has 0 fully saturated rings. The van der Waals surface area contributed by atoms with Crippen molar-refractivity contribution in [2.75, 3.05) is 18.2 Å². The number of rotatable bonds is 2. The van der Waals surface area contributed by atoms with E-state index in [0.717, 1.165) is 5.56 Å². The van der Waals surface area contributed by atoms with Crippen LogP contribution in [0.1, 0.15) is 24.0 Å². The van der Waals surface area contributed by atoms with Gasteiger partial charge in [0.05, 0.1) is 30.2 Å². The molecular weight excluding hydrogens is 294 g/mol. The molecule has 4 N–H and O–H groups in total. The first-order valence-electron chi connectivity index (χ1n) is 6.96. The number of H-pyrrole nitrogens is 1. The van der Waals surface area contributed by atoms with Gasteiger partial charge in [0.2, 0.25) is 5.95 Å². The number of nitrogen functional groups attached to an aromatic ring is 1. The largest absolute Gasteiger partial charge is 0.497 e. The standard InChI is InChI=1S/C16H15N5O2/c1-8-11(7-17)12(9-3-5-10(23-2)6-4-9)13-14(19-8)20-16(18)21-15(13)22/h3-6,12H,1-2H3,(H4,18,19,20,21,22). The first kappa shape index (κ1) is 14.7. The Morgan fingerprint density at radius 1 is 1.35 bits per heavy atom. The third-order valence-corrected chi connectivity index (χ3v) is 3.83. The van der Waals surface area contributed by atoms with Crippen LogP contribution in [-0.4, -0.2) is 17.1 Å². The molecule has 0 spiro atoms. The molecule has 0 saturated heterocycles. The van der Waals surface area contributed by atoms with Gasteiger partial charge in [-0.15, -0.1) is 0 Å². The number of anilines is 2. The van der Waals surface area contributed by atoms with Crippen LogP contribution >= 0.6 is 0 Å². The van der Waals surface area contributed by atoms with Gasteiger partial charge in [-0.1, -0.05) is 12.1 Å². The van der Waals surface area contributed by atoms with Crippen molar-refractivity contribution in [1.29, 1.82) is 5.26 Å². The molecule has 7 heteroatoms. The third kappa shape index (κ3) is 2.40. The van der Waals surface area contributed by atoms with Gasteiger partial charge >= 0.3 is 0 Å². The van der Waals surface area contributed by atoms with E-state index in [0.29, 0.717) is 28.4 Å². The van der Waals surface area contributed by atoms with Crippen LogP contribution in [0, 0.1) is 11.3 Å². The number of fused-ring (bicyclic) bond motifs is 1. The summed E-state index contributed by atoms with van der Waals surface area (Å²) in [6, 6.07) is 9.44. The van der Waals surface area contributed by atoms with Crippen molar-refractivity contribution in [1.82, 2.24) is 9.97 Å². The van der Waals surface area contributed by atoms with E-state index in [2.05, 4.69) is 21.4 Å². The molecule has 2 aromatic rings. The van der Waals surface area contributed by atoms with Gasteiger partial charge in [-0.05, 0) is 24.6 Å². The van der Waals surface area contributed by atoms with Gasteiger partial charge in [-0.25, -0.2) is 0 Å². The number of methoxy groups -OCH3 is 1. The van der Waals surface area contributed by atoms with Crippen molar-refractivity contribution >= 4 is 11.8 Å². The summed E-state index contributed by atoms with van der Waals surface area (Å²) in [6.45, 7) is 1.77. The summed E-state index contributed by atoms with van der Waals surface area (Å²) < 4.78 is 5.15. The highest BCUT2D eigenvalue weighted by Gasteiger charge is 2.32. The minimum atomic E-state index is -0.501. The molecule has 0 bridgehead atoms. The maximum Gasteiger partial charge on any atom is 0.258 e. The zero-order valence-electron chi connectivity index (χ0n) is 12.7. The van der Waals surface area contributed by atoms with Crippen LogP contribution < -0.4 is 21.3 Å². The number of ether oxygens (including phenoxy) is 1. The number of allylic oxidation sites excluding steroid dienone is 2. The highest BCUT2D eigenvalue weighted by molar-refractivity contribution is 5.64. The topological polar surface area (TPSA) is 117 Å². The molecule has 0 amide bonds. The summed E-state index contributed by atoms with van der Waals surface area (Å²) >= 11 is 0. The van der Waals surface area contributed by atoms with E-state index in [4.69, 9.17) is 10.5 Å². The minimum Gasteiger partial charge on any atom is -0.497 e. The molecule has 0 saturated carbocycles. The van der Waals surface area contributed by atoms with Gasteiger partial charge in [-0.3, -0.25) is 9.78 Å². The smallest absolute Gasteiger partial charge is 0.258 e. The van der Waals surface area contributed by atoms with E-state index in [9.17, 15) is 10.1 Å². The maximum atomic E-state index is 12.4. The van der Waals surface area contributed by atoms with E-state index in [-0.39, 0.29) is 11.5 Å². The predicted octanol–water partition coefficient (Wildman–Crippen LogP) is 1.72. The number of hydrogen-bond donors (Lipinski definition) is 3. The molecule has 23 heavy (non-hydrogen) atoms. The third-order valence-electron chi connectivity index (χ3n) is 3.83. The van der Waals surface area contributed by atoms with Crippen molar-refractivity contribution < 1.29 is 4.74 Å². The average Bonchev–Trinajstić information content (AvgIpc) is 2.53. The number of nitriles is 1. The molecule has 1 aromatic carbocycles. The Morgan fingerprint density at radius 3 is 2.65 bits per heavy atom. The Labute approximate surface area is 132 Å². The molecule has 1 atom stereocenters. The summed E-state index contributed by atoms with van der Waals surface area (Å²) in [5.74, 6) is 0.608. The Morgan fingerprint density at radius 2 is 2.04 bits per heavy atom. The molecule has 116 valence electrons. The molecule has 7 nitrogen and oxygen atoms in total. The fourth-order valence-electron chi connectivity index (χ4n) is 2.75. The second-order valence-corrected chi connectivity index (χ2v) is 5.20. The van der Waals surface area contributed by atoms with Crippen molar-refractivity contribution in [3.63, 3.8) is 0 Å². The number of nitrogens with zero attached hydrogens (tertiary/aromatic N) is 2. The van der Waals surface area contributed by atoms with Crippen LogP contribution in [0.25, 0.3) is 0 Å². The van der Waals surface area contributed by atoms with Gasteiger partial charge < -0.3 is 15.8 Å². The van der Waals surface area contributed by atoms with Crippen molar-refractivity contribution in [2.24, 2.45) is 0 Å². The lowest BCUT2D eigenvalue weighted by atomic mass is 9.83. The first-order chi connectivity index (χ1) is 11.0. The Kier molecular flexibility index (Phi) is 3.50. The van der Waals surface area contributed by atoms with Crippen LogP contribution in [0.3, 0.4) is 0 Å². The number of aromatic nitrogens is 2. The predicted molar refractivity (Wildman–Crippen MR) is 86.0 cm³/mol. The van der Waals surface area contributed by atoms with Crippen LogP contribution in [0.4, 0.5) is 11.8 Å². The lowest BCUT2D eigenvalue weighted by molar-refractivity contribution is 0.414. The molecule has 1 aliphatic heterocycles. The molecule has 1 aromatic heterocycles. The molecular formula is C16H15N5O2. The van der Waals surface area contributed by atoms with Gasteiger partial charge in [0.1, 0.15) is 11.6 Å². The fourth-order valence-corrected chi connectivity index (χ4v) is 2.75. The Hall–Kier alpha value is -3.27. The van der Waals surface area contributed by atoms with Gasteiger partial charge in [-0.2, -0.15) is 10.2 Å². The monoisotopic (exact) mass is 309 g/mol. The van der Waals surface area contributed by atoms with Gasteiger partial charge in [0.25, 0.3) is 5.56 Å². The first-order valence-corrected chi connectivity index (χ1v) is 6.96. The molecule has 3 rings (SSSR count). The van der Waals surface area contributed by atoms with Crippen molar-refractivity contribution in [3.8, 4) is 11.8 Å². The summed E-state index contributed by atoms with van der Waals surface area (Å²) in [4.78, 5) is 19.0. The normalized spacial score (nSPS) is 16.3. The molecule has 0 radical (unpaired) electrons. The number of nitrogens with two attached hydrogens (primary N) is 1. The molecule has 1 unspecified atom stereocenters. The molecule has 0 aliphatic carbocycles. The van der Waals surface area contributed by atoms with E-state index in [1.54, 1.807) is 26.2 Å². The lowest BCUT2D eigenvalue weighted by Gasteiger charge is -2.26. The summed E-state index contributed by atoms with van der Waals surface area (Å²) in [5, 5.41) is 12.5. The van der Waals surface area contributed by atoms with Crippen molar-refractivity contribution in [3.05, 3.63) is 57.0 Å². The van der Waals surface area contributed by atoms with E-state index in [1.165, 1.54) is 0 Å². The van der Waals surface area contributed by atoms with Crippen LogP contribution in [0.15, 0.2) is 40.3 Å². The average molecular weight is 309 g/mol. The highest BCUT2D eigenvalue weighted by Crippen LogP contribution is 2.39. The van der Waals surface area contributed by atoms with Crippen molar-refractivity contribution in [2.45, 2.75) is 12.8 Å². The molecule has 1 aliphatic rings. The summed E-state index contributed by atoms with van der Waals surface area (Å²) in [7, 11) is 1.58. The zero-order chi connectivity index (χ0) is 16.6. The lowest BCUT2D eigenvalue weighted by Crippen LogP contribution is -2.27. The Bertz CT molecular complexity index is 890. The minimum absolute atomic E-state index is 0.0305. The van der Waals surface area contributed by atoms with Crippen LogP contribution in [0.2, 0.25) is 0 Å². The fraction of sp³-hybridized carbons (Fsp3) is 0.188. The number of benzene rings is 1. The summed E-state index contributed by atoms with van der Waals surface area (Å²) in [5.41, 5.74) is 7.56. The van der Waals surface area contributed by atoms with Crippen LogP contribution in [-0.2, 0) is 0 Å². The maximum absolute atomic E-state index is 12.4. The van der Waals surface area contributed by atoms with Gasteiger partial charge in [0.15, 0.2) is 0 Å².